The largest absolute Gasteiger partial charge is 0.314 e. The fourth-order valence-electron chi connectivity index (χ4n) is 3.21. The van der Waals surface area contributed by atoms with Crippen LogP contribution in [-0.4, -0.2) is 61.2 Å². The summed E-state index contributed by atoms with van der Waals surface area (Å²) in [6.07, 6.45) is 4.09. The van der Waals surface area contributed by atoms with Crippen molar-refractivity contribution in [2.45, 2.75) is 44.7 Å². The van der Waals surface area contributed by atoms with Crippen molar-refractivity contribution < 1.29 is 0 Å². The van der Waals surface area contributed by atoms with Gasteiger partial charge in [0.2, 0.25) is 0 Å². The maximum Gasteiger partial charge on any atom is 0.0281 e. The Morgan fingerprint density at radius 2 is 1.94 bits per heavy atom. The molecule has 2 heterocycles. The van der Waals surface area contributed by atoms with Crippen LogP contribution in [0, 0.1) is 0 Å². The third-order valence-electron chi connectivity index (χ3n) is 4.23. The van der Waals surface area contributed by atoms with E-state index >= 15 is 0 Å². The number of likely N-dealkylation sites (tertiary alicyclic amines) is 1. The van der Waals surface area contributed by atoms with Crippen molar-refractivity contribution in [2.24, 2.45) is 0 Å². The highest BCUT2D eigenvalue weighted by Crippen LogP contribution is 2.25. The van der Waals surface area contributed by atoms with E-state index in [0.29, 0.717) is 5.54 Å². The van der Waals surface area contributed by atoms with Crippen molar-refractivity contribution in [1.82, 2.24) is 15.1 Å². The summed E-state index contributed by atoms with van der Waals surface area (Å²) >= 11 is 0. The van der Waals surface area contributed by atoms with Gasteiger partial charge in [0.1, 0.15) is 0 Å². The Balaban J connectivity index is 1.99. The molecule has 2 saturated heterocycles. The molecule has 2 aliphatic heterocycles. The van der Waals surface area contributed by atoms with Crippen molar-refractivity contribution in [3.63, 3.8) is 0 Å². The van der Waals surface area contributed by atoms with Crippen molar-refractivity contribution >= 4 is 0 Å². The number of hydrogen-bond donors (Lipinski definition) is 1. The van der Waals surface area contributed by atoms with Crippen LogP contribution in [0.15, 0.2) is 0 Å². The molecular weight excluding hydrogens is 198 g/mol. The molecule has 0 saturated carbocycles. The van der Waals surface area contributed by atoms with Gasteiger partial charge in [-0.2, -0.15) is 0 Å². The van der Waals surface area contributed by atoms with Crippen LogP contribution < -0.4 is 5.32 Å². The molecule has 3 heteroatoms. The summed E-state index contributed by atoms with van der Waals surface area (Å²) in [6.45, 7) is 10.8. The van der Waals surface area contributed by atoms with Gasteiger partial charge in [-0.1, -0.05) is 0 Å². The van der Waals surface area contributed by atoms with Crippen molar-refractivity contribution in [1.29, 1.82) is 0 Å². The quantitative estimate of drug-likeness (QED) is 0.722. The first-order chi connectivity index (χ1) is 7.59. The molecule has 1 unspecified atom stereocenters. The number of hydrogen-bond acceptors (Lipinski definition) is 3. The fraction of sp³-hybridized carbons (Fsp3) is 1.00. The standard InChI is InChI=1S/C13H27N3/c1-13(2)11-14-7-10-16(13)12-5-4-8-15(3)9-6-12/h12,14H,4-11H2,1-3H3. The molecule has 0 radical (unpaired) electrons. The number of nitrogens with zero attached hydrogens (tertiary/aromatic N) is 2. The molecule has 3 nitrogen and oxygen atoms in total. The molecule has 0 aromatic carbocycles. The predicted octanol–water partition coefficient (Wildman–Crippen LogP) is 1.15. The van der Waals surface area contributed by atoms with E-state index in [4.69, 9.17) is 0 Å². The Morgan fingerprint density at radius 3 is 2.69 bits per heavy atom. The molecule has 2 aliphatic rings. The van der Waals surface area contributed by atoms with Crippen LogP contribution in [0.3, 0.4) is 0 Å². The average Bonchev–Trinajstić information content (AvgIpc) is 2.43. The maximum absolute atomic E-state index is 3.52. The van der Waals surface area contributed by atoms with Crippen molar-refractivity contribution in [3.8, 4) is 0 Å². The van der Waals surface area contributed by atoms with Gasteiger partial charge in [-0.25, -0.2) is 0 Å². The highest BCUT2D eigenvalue weighted by atomic mass is 15.3. The number of nitrogens with one attached hydrogen (secondary N) is 1. The minimum atomic E-state index is 0.339. The molecule has 16 heavy (non-hydrogen) atoms. The van der Waals surface area contributed by atoms with Crippen LogP contribution in [0.25, 0.3) is 0 Å². The minimum Gasteiger partial charge on any atom is -0.314 e. The van der Waals surface area contributed by atoms with Gasteiger partial charge < -0.3 is 10.2 Å². The van der Waals surface area contributed by atoms with Crippen LogP contribution in [0.4, 0.5) is 0 Å². The van der Waals surface area contributed by atoms with Gasteiger partial charge in [-0.05, 0) is 53.2 Å². The molecule has 0 amide bonds. The molecule has 2 rings (SSSR count). The lowest BCUT2D eigenvalue weighted by molar-refractivity contribution is 0.0385. The van der Waals surface area contributed by atoms with E-state index in [1.165, 1.54) is 38.9 Å². The Labute approximate surface area is 100 Å². The van der Waals surface area contributed by atoms with E-state index in [0.717, 1.165) is 19.1 Å². The molecule has 0 bridgehead atoms. The highest BCUT2D eigenvalue weighted by molar-refractivity contribution is 4.93. The zero-order valence-electron chi connectivity index (χ0n) is 11.1. The summed E-state index contributed by atoms with van der Waals surface area (Å²) in [6, 6.07) is 0.807. The number of rotatable bonds is 1. The summed E-state index contributed by atoms with van der Waals surface area (Å²) in [5, 5.41) is 3.52. The van der Waals surface area contributed by atoms with E-state index in [1.807, 2.05) is 0 Å². The third kappa shape index (κ3) is 2.76. The second-order valence-corrected chi connectivity index (χ2v) is 6.07. The summed E-state index contributed by atoms with van der Waals surface area (Å²) in [5.41, 5.74) is 0.339. The summed E-state index contributed by atoms with van der Waals surface area (Å²) in [4.78, 5) is 5.23. The van der Waals surface area contributed by atoms with Gasteiger partial charge in [0.05, 0.1) is 0 Å². The molecule has 1 N–H and O–H groups in total. The smallest absolute Gasteiger partial charge is 0.0281 e. The molecule has 0 spiro atoms. The second kappa shape index (κ2) is 5.03. The van der Waals surface area contributed by atoms with Gasteiger partial charge in [-0.15, -0.1) is 0 Å². The van der Waals surface area contributed by atoms with Crippen LogP contribution in [0.1, 0.15) is 33.1 Å². The normalized spacial score (nSPS) is 33.6. The summed E-state index contributed by atoms with van der Waals surface area (Å²) in [5.74, 6) is 0. The second-order valence-electron chi connectivity index (χ2n) is 6.07. The Morgan fingerprint density at radius 1 is 1.12 bits per heavy atom. The van der Waals surface area contributed by atoms with E-state index < -0.39 is 0 Å². The maximum atomic E-state index is 3.52. The first kappa shape index (κ1) is 12.3. The third-order valence-corrected chi connectivity index (χ3v) is 4.23. The lowest BCUT2D eigenvalue weighted by Gasteiger charge is -2.47. The zero-order valence-corrected chi connectivity index (χ0v) is 11.1. The molecule has 0 aromatic rings. The van der Waals surface area contributed by atoms with E-state index in [2.05, 4.69) is 36.0 Å². The van der Waals surface area contributed by atoms with Crippen molar-refractivity contribution in [2.75, 3.05) is 39.8 Å². The monoisotopic (exact) mass is 225 g/mol. The SMILES string of the molecule is CN1CCCC(N2CCNCC2(C)C)CC1. The van der Waals surface area contributed by atoms with Gasteiger partial charge in [0.25, 0.3) is 0 Å². The number of piperazine rings is 1. The van der Waals surface area contributed by atoms with Crippen LogP contribution in [0.5, 0.6) is 0 Å². The summed E-state index contributed by atoms with van der Waals surface area (Å²) < 4.78 is 0. The highest BCUT2D eigenvalue weighted by Gasteiger charge is 2.34. The van der Waals surface area contributed by atoms with Crippen molar-refractivity contribution in [3.05, 3.63) is 0 Å². The Bertz CT molecular complexity index is 227. The first-order valence-corrected chi connectivity index (χ1v) is 6.75. The fourth-order valence-corrected chi connectivity index (χ4v) is 3.21. The zero-order chi connectivity index (χ0) is 11.6. The van der Waals surface area contributed by atoms with Gasteiger partial charge in [-0.3, -0.25) is 4.90 Å². The van der Waals surface area contributed by atoms with E-state index in [1.54, 1.807) is 0 Å². The molecular formula is C13H27N3. The van der Waals surface area contributed by atoms with Crippen LogP contribution >= 0.6 is 0 Å². The molecule has 1 atom stereocenters. The van der Waals surface area contributed by atoms with E-state index in [9.17, 15) is 0 Å². The summed E-state index contributed by atoms with van der Waals surface area (Å²) in [7, 11) is 2.26. The lowest BCUT2D eigenvalue weighted by atomic mass is 9.94. The minimum absolute atomic E-state index is 0.339. The predicted molar refractivity (Wildman–Crippen MR) is 68.8 cm³/mol. The molecule has 2 fully saturated rings. The lowest BCUT2D eigenvalue weighted by Crippen LogP contribution is -2.61. The van der Waals surface area contributed by atoms with Gasteiger partial charge in [0.15, 0.2) is 0 Å². The van der Waals surface area contributed by atoms with Gasteiger partial charge >= 0.3 is 0 Å². The Hall–Kier alpha value is -0.120. The topological polar surface area (TPSA) is 18.5 Å². The molecule has 0 aliphatic carbocycles. The molecule has 0 aromatic heterocycles. The first-order valence-electron chi connectivity index (χ1n) is 6.75. The van der Waals surface area contributed by atoms with Crippen LogP contribution in [0.2, 0.25) is 0 Å². The van der Waals surface area contributed by atoms with Crippen LogP contribution in [-0.2, 0) is 0 Å². The Kier molecular flexibility index (Phi) is 3.88. The molecule has 94 valence electrons. The van der Waals surface area contributed by atoms with Gasteiger partial charge in [0, 0.05) is 31.2 Å². The average molecular weight is 225 g/mol. The van der Waals surface area contributed by atoms with E-state index in [-0.39, 0.29) is 0 Å².